The van der Waals surface area contributed by atoms with Gasteiger partial charge < -0.3 is 10.2 Å². The average Bonchev–Trinajstić information content (AvgIpc) is 3.39. The highest BCUT2D eigenvalue weighted by Gasteiger charge is 2.27. The van der Waals surface area contributed by atoms with Gasteiger partial charge in [0, 0.05) is 26.2 Å². The number of amides is 1. The van der Waals surface area contributed by atoms with Crippen molar-refractivity contribution in [2.45, 2.75) is 13.0 Å². The Morgan fingerprint density at radius 1 is 1.14 bits per heavy atom. The van der Waals surface area contributed by atoms with Gasteiger partial charge in [-0.05, 0) is 30.5 Å². The predicted molar refractivity (Wildman–Crippen MR) is 119 cm³/mol. The molecule has 7 nitrogen and oxygen atoms in total. The van der Waals surface area contributed by atoms with Gasteiger partial charge >= 0.3 is 0 Å². The van der Waals surface area contributed by atoms with E-state index in [1.165, 1.54) is 11.3 Å². The van der Waals surface area contributed by atoms with Crippen molar-refractivity contribution >= 4 is 60.0 Å². The van der Waals surface area contributed by atoms with Gasteiger partial charge in [0.25, 0.3) is 0 Å². The van der Waals surface area contributed by atoms with Crippen LogP contribution in [-0.2, 0) is 4.79 Å². The summed E-state index contributed by atoms with van der Waals surface area (Å²) in [5, 5.41) is 6.79. The molecule has 1 aromatic carbocycles. The number of carbonyl (C=O) groups excluding carboxylic acids is 1. The van der Waals surface area contributed by atoms with Crippen LogP contribution in [0.25, 0.3) is 20.4 Å². The number of nitrogens with zero attached hydrogens (tertiary/aromatic N) is 5. The molecule has 1 N–H and O–H groups in total. The number of aromatic nitrogens is 3. The molecule has 0 saturated carbocycles. The van der Waals surface area contributed by atoms with Gasteiger partial charge in [-0.2, -0.15) is 0 Å². The molecule has 3 aromatic heterocycles. The smallest absolute Gasteiger partial charge is 0.243 e. The maximum atomic E-state index is 12.8. The third-order valence-corrected chi connectivity index (χ3v) is 7.08. The lowest BCUT2D eigenvalue weighted by Crippen LogP contribution is -2.53. The largest absolute Gasteiger partial charge is 0.353 e. The first-order valence-corrected chi connectivity index (χ1v) is 11.2. The highest BCUT2D eigenvalue weighted by molar-refractivity contribution is 7.22. The van der Waals surface area contributed by atoms with E-state index in [0.29, 0.717) is 5.13 Å². The first-order valence-electron chi connectivity index (χ1n) is 9.53. The molecule has 148 valence electrons. The fourth-order valence-corrected chi connectivity index (χ4v) is 5.25. The van der Waals surface area contributed by atoms with Crippen molar-refractivity contribution in [1.29, 1.82) is 0 Å². The predicted octanol–water partition coefficient (Wildman–Crippen LogP) is 3.45. The number of rotatable bonds is 4. The summed E-state index contributed by atoms with van der Waals surface area (Å²) in [6.45, 7) is 5.25. The normalized spacial score (nSPS) is 16.4. The van der Waals surface area contributed by atoms with Crippen LogP contribution in [0.15, 0.2) is 42.0 Å². The molecule has 0 spiro atoms. The number of thiophene rings is 1. The minimum Gasteiger partial charge on any atom is -0.353 e. The van der Waals surface area contributed by atoms with Gasteiger partial charge in [0.1, 0.15) is 17.0 Å². The second-order valence-corrected chi connectivity index (χ2v) is 8.94. The number of anilines is 2. The Morgan fingerprint density at radius 2 is 1.97 bits per heavy atom. The Hall–Kier alpha value is -2.62. The minimum absolute atomic E-state index is 0.0141. The molecule has 0 bridgehead atoms. The summed E-state index contributed by atoms with van der Waals surface area (Å²) in [4.78, 5) is 31.6. The van der Waals surface area contributed by atoms with Crippen molar-refractivity contribution < 1.29 is 4.79 Å². The number of hydrogen-bond acceptors (Lipinski definition) is 8. The monoisotopic (exact) mass is 424 g/mol. The van der Waals surface area contributed by atoms with Gasteiger partial charge in [0.05, 0.1) is 21.6 Å². The molecule has 9 heteroatoms. The molecule has 1 aliphatic heterocycles. The molecule has 4 heterocycles. The first kappa shape index (κ1) is 18.4. The molecule has 1 atom stereocenters. The first-order chi connectivity index (χ1) is 14.2. The highest BCUT2D eigenvalue weighted by atomic mass is 32.1. The Labute approximate surface area is 176 Å². The molecule has 1 saturated heterocycles. The van der Waals surface area contributed by atoms with Crippen LogP contribution in [0, 0.1) is 0 Å². The molecule has 1 amide bonds. The molecule has 0 aliphatic carbocycles. The lowest BCUT2D eigenvalue weighted by Gasteiger charge is -2.38. The Kier molecular flexibility index (Phi) is 4.86. The van der Waals surface area contributed by atoms with Crippen LogP contribution in [-0.4, -0.2) is 58.0 Å². The van der Waals surface area contributed by atoms with Gasteiger partial charge in [0.15, 0.2) is 5.13 Å². The fraction of sp³-hybridized carbons (Fsp3) is 0.300. The van der Waals surface area contributed by atoms with Gasteiger partial charge in [0.2, 0.25) is 5.91 Å². The van der Waals surface area contributed by atoms with E-state index in [9.17, 15) is 4.79 Å². The Balaban J connectivity index is 1.23. The van der Waals surface area contributed by atoms with Gasteiger partial charge in [-0.25, -0.2) is 15.0 Å². The lowest BCUT2D eigenvalue weighted by molar-refractivity contribution is -0.120. The molecular weight excluding hydrogens is 404 g/mol. The summed E-state index contributed by atoms with van der Waals surface area (Å²) in [5.41, 5.74) is 0.915. The number of carbonyl (C=O) groups is 1. The van der Waals surface area contributed by atoms with Crippen molar-refractivity contribution in [1.82, 2.24) is 19.9 Å². The zero-order valence-electron chi connectivity index (χ0n) is 15.9. The van der Waals surface area contributed by atoms with Gasteiger partial charge in [-0.15, -0.1) is 11.3 Å². The SMILES string of the molecule is CC(C(=O)Nc1nc2ccccc2s1)N1CCN(c2ncnc3sccc23)CC1. The topological polar surface area (TPSA) is 74.2 Å². The molecule has 1 unspecified atom stereocenters. The van der Waals surface area contributed by atoms with E-state index in [1.54, 1.807) is 17.7 Å². The van der Waals surface area contributed by atoms with Crippen LogP contribution in [0.5, 0.6) is 0 Å². The quantitative estimate of drug-likeness (QED) is 0.541. The summed E-state index contributed by atoms with van der Waals surface area (Å²) in [5.74, 6) is 0.974. The third-order valence-electron chi connectivity index (χ3n) is 5.31. The maximum Gasteiger partial charge on any atom is 0.243 e. The molecule has 29 heavy (non-hydrogen) atoms. The van der Waals surface area contributed by atoms with E-state index in [-0.39, 0.29) is 11.9 Å². The number of thiazole rings is 1. The van der Waals surface area contributed by atoms with Crippen molar-refractivity contribution in [3.8, 4) is 0 Å². The van der Waals surface area contributed by atoms with Gasteiger partial charge in [-0.3, -0.25) is 9.69 Å². The molecule has 1 fully saturated rings. The van der Waals surface area contributed by atoms with E-state index in [2.05, 4.69) is 36.1 Å². The highest BCUT2D eigenvalue weighted by Crippen LogP contribution is 2.28. The summed E-state index contributed by atoms with van der Waals surface area (Å²) < 4.78 is 1.08. The lowest BCUT2D eigenvalue weighted by atomic mass is 10.2. The fourth-order valence-electron chi connectivity index (χ4n) is 3.65. The van der Waals surface area contributed by atoms with Crippen LogP contribution >= 0.6 is 22.7 Å². The molecule has 5 rings (SSSR count). The van der Waals surface area contributed by atoms with Crippen molar-refractivity contribution in [2.75, 3.05) is 36.4 Å². The van der Waals surface area contributed by atoms with Crippen LogP contribution < -0.4 is 10.2 Å². The number of fused-ring (bicyclic) bond motifs is 2. The van der Waals surface area contributed by atoms with E-state index in [1.807, 2.05) is 36.6 Å². The van der Waals surface area contributed by atoms with Crippen LogP contribution in [0.1, 0.15) is 6.92 Å². The maximum absolute atomic E-state index is 12.8. The average molecular weight is 425 g/mol. The van der Waals surface area contributed by atoms with E-state index >= 15 is 0 Å². The molecule has 0 radical (unpaired) electrons. The molecule has 1 aliphatic rings. The number of benzene rings is 1. The minimum atomic E-state index is -0.212. The zero-order chi connectivity index (χ0) is 19.8. The van der Waals surface area contributed by atoms with Crippen molar-refractivity contribution in [2.24, 2.45) is 0 Å². The summed E-state index contributed by atoms with van der Waals surface area (Å²) in [7, 11) is 0. The third kappa shape index (κ3) is 3.57. The number of nitrogens with one attached hydrogen (secondary N) is 1. The summed E-state index contributed by atoms with van der Waals surface area (Å²) >= 11 is 3.14. The molecular formula is C20H20N6OS2. The molecule has 4 aromatic rings. The number of para-hydroxylation sites is 1. The van der Waals surface area contributed by atoms with Crippen LogP contribution in [0.2, 0.25) is 0 Å². The zero-order valence-corrected chi connectivity index (χ0v) is 17.5. The van der Waals surface area contributed by atoms with Crippen molar-refractivity contribution in [3.05, 3.63) is 42.0 Å². The summed E-state index contributed by atoms with van der Waals surface area (Å²) in [6, 6.07) is 9.78. The van der Waals surface area contributed by atoms with E-state index < -0.39 is 0 Å². The van der Waals surface area contributed by atoms with Gasteiger partial charge in [-0.1, -0.05) is 23.5 Å². The standard InChI is InChI=1S/C20H20N6OS2/c1-13(18(27)24-20-23-15-4-2-3-5-16(15)29-20)25-7-9-26(10-8-25)17-14-6-11-28-19(14)22-12-21-17/h2-6,11-13H,7-10H2,1H3,(H,23,24,27). The second kappa shape index (κ2) is 7.66. The van der Waals surface area contributed by atoms with E-state index in [4.69, 9.17) is 0 Å². The van der Waals surface area contributed by atoms with Crippen molar-refractivity contribution in [3.63, 3.8) is 0 Å². The Bertz CT molecular complexity index is 1130. The van der Waals surface area contributed by atoms with Crippen LogP contribution in [0.4, 0.5) is 10.9 Å². The number of piperazine rings is 1. The number of hydrogen-bond donors (Lipinski definition) is 1. The second-order valence-electron chi connectivity index (χ2n) is 7.01. The van der Waals surface area contributed by atoms with E-state index in [0.717, 1.165) is 52.4 Å². The van der Waals surface area contributed by atoms with Crippen LogP contribution in [0.3, 0.4) is 0 Å². The summed E-state index contributed by atoms with van der Waals surface area (Å²) in [6.07, 6.45) is 1.63. The Morgan fingerprint density at radius 3 is 2.79 bits per heavy atom.